The third-order valence-electron chi connectivity index (χ3n) is 3.53. The number of benzene rings is 1. The number of fused-ring (bicyclic) bond motifs is 3. The Kier molecular flexibility index (Phi) is 2.59. The lowest BCUT2D eigenvalue weighted by Crippen LogP contribution is -2.23. The second kappa shape index (κ2) is 4.05. The zero-order chi connectivity index (χ0) is 13.7. The van der Waals surface area contributed by atoms with E-state index in [0.717, 1.165) is 28.2 Å². The molecule has 0 amide bonds. The maximum atomic E-state index is 13.9. The smallest absolute Gasteiger partial charge is 0.124 e. The lowest BCUT2D eigenvalue weighted by atomic mass is 9.92. The van der Waals surface area contributed by atoms with Gasteiger partial charge in [-0.05, 0) is 23.6 Å². The second-order valence-electron chi connectivity index (χ2n) is 5.39. The Morgan fingerprint density at radius 3 is 2.63 bits per heavy atom. The van der Waals surface area contributed by atoms with Gasteiger partial charge in [-0.15, -0.1) is 0 Å². The van der Waals surface area contributed by atoms with Crippen LogP contribution in [0.5, 0.6) is 0 Å². The highest BCUT2D eigenvalue weighted by atomic mass is 19.1. The molecule has 0 aliphatic carbocycles. The van der Waals surface area contributed by atoms with Crippen LogP contribution in [0.4, 0.5) is 10.1 Å². The van der Waals surface area contributed by atoms with Gasteiger partial charge in [-0.2, -0.15) is 15.0 Å². The monoisotopic (exact) mass is 260 g/mol. The van der Waals surface area contributed by atoms with E-state index in [1.807, 2.05) is 7.05 Å². The Morgan fingerprint density at radius 1 is 1.21 bits per heavy atom. The Bertz CT molecular complexity index is 645. The van der Waals surface area contributed by atoms with Gasteiger partial charge in [0.15, 0.2) is 0 Å². The Balaban J connectivity index is 2.32. The predicted molar refractivity (Wildman–Crippen MR) is 72.6 cm³/mol. The quantitative estimate of drug-likeness (QED) is 0.790. The van der Waals surface area contributed by atoms with Gasteiger partial charge in [0.05, 0.1) is 12.2 Å². The Morgan fingerprint density at radius 2 is 1.95 bits per heavy atom. The van der Waals surface area contributed by atoms with Crippen molar-refractivity contribution in [3.05, 3.63) is 29.2 Å². The van der Waals surface area contributed by atoms with E-state index in [2.05, 4.69) is 28.9 Å². The van der Waals surface area contributed by atoms with E-state index in [0.29, 0.717) is 6.54 Å². The molecule has 3 rings (SSSR count). The molecule has 0 atom stereocenters. The topological polar surface area (TPSA) is 34.0 Å². The first-order chi connectivity index (χ1) is 8.97. The van der Waals surface area contributed by atoms with Gasteiger partial charge in [0, 0.05) is 19.7 Å². The van der Waals surface area contributed by atoms with Crippen LogP contribution in [0.25, 0.3) is 11.3 Å². The summed E-state index contributed by atoms with van der Waals surface area (Å²) < 4.78 is 13.9. The molecule has 0 radical (unpaired) electrons. The lowest BCUT2D eigenvalue weighted by molar-refractivity contribution is 0.623. The van der Waals surface area contributed by atoms with Crippen molar-refractivity contribution in [1.82, 2.24) is 15.0 Å². The van der Waals surface area contributed by atoms with Crippen LogP contribution in [0, 0.1) is 5.82 Å². The summed E-state index contributed by atoms with van der Waals surface area (Å²) in [4.78, 5) is 3.68. The van der Waals surface area contributed by atoms with Crippen molar-refractivity contribution in [2.75, 3.05) is 11.9 Å². The van der Waals surface area contributed by atoms with Crippen molar-refractivity contribution in [2.45, 2.75) is 26.3 Å². The molecule has 0 spiro atoms. The summed E-state index contributed by atoms with van der Waals surface area (Å²) >= 11 is 0. The molecular weight excluding hydrogens is 243 g/mol. The van der Waals surface area contributed by atoms with Crippen molar-refractivity contribution in [1.29, 1.82) is 0 Å². The zero-order valence-electron chi connectivity index (χ0n) is 11.6. The van der Waals surface area contributed by atoms with Crippen molar-refractivity contribution in [3.8, 4) is 11.3 Å². The van der Waals surface area contributed by atoms with Gasteiger partial charge in [0.25, 0.3) is 0 Å². The molecular formula is C14H17FN4. The van der Waals surface area contributed by atoms with E-state index in [1.165, 1.54) is 0 Å². The van der Waals surface area contributed by atoms with E-state index in [-0.39, 0.29) is 11.7 Å². The first kappa shape index (κ1) is 12.1. The molecule has 2 heterocycles. The van der Waals surface area contributed by atoms with Crippen LogP contribution in [0.1, 0.15) is 31.0 Å². The molecule has 0 saturated carbocycles. The van der Waals surface area contributed by atoms with Gasteiger partial charge >= 0.3 is 0 Å². The number of aromatic nitrogens is 3. The van der Waals surface area contributed by atoms with E-state index in [1.54, 1.807) is 24.0 Å². The van der Waals surface area contributed by atoms with E-state index in [9.17, 15) is 4.39 Å². The fraction of sp³-hybridized carbons (Fsp3) is 0.429. The maximum Gasteiger partial charge on any atom is 0.124 e. The zero-order valence-corrected chi connectivity index (χ0v) is 11.6. The normalized spacial score (nSPS) is 13.7. The van der Waals surface area contributed by atoms with Crippen molar-refractivity contribution in [3.63, 3.8) is 0 Å². The van der Waals surface area contributed by atoms with Crippen molar-refractivity contribution < 1.29 is 4.39 Å². The molecule has 1 aliphatic rings. The summed E-state index contributed by atoms with van der Waals surface area (Å²) in [5.74, 6) is 0.0551. The molecule has 1 aromatic carbocycles. The molecule has 4 nitrogen and oxygen atoms in total. The summed E-state index contributed by atoms with van der Waals surface area (Å²) in [6, 6.07) is 3.19. The van der Waals surface area contributed by atoms with Gasteiger partial charge in [-0.3, -0.25) is 0 Å². The minimum absolute atomic E-state index is 0.214. The molecule has 2 aromatic rings. The molecule has 5 heteroatoms. The average molecular weight is 260 g/mol. The van der Waals surface area contributed by atoms with E-state index < -0.39 is 0 Å². The second-order valence-corrected chi connectivity index (χ2v) is 5.39. The lowest BCUT2D eigenvalue weighted by Gasteiger charge is -2.29. The molecule has 19 heavy (non-hydrogen) atoms. The van der Waals surface area contributed by atoms with Crippen LogP contribution in [0.3, 0.4) is 0 Å². The number of hydrogen-bond acceptors (Lipinski definition) is 3. The molecule has 100 valence electrons. The van der Waals surface area contributed by atoms with Crippen molar-refractivity contribution in [2.24, 2.45) is 7.05 Å². The molecule has 1 aliphatic heterocycles. The fourth-order valence-electron chi connectivity index (χ4n) is 2.73. The first-order valence-corrected chi connectivity index (χ1v) is 6.42. The number of anilines is 1. The van der Waals surface area contributed by atoms with Crippen LogP contribution in [-0.4, -0.2) is 22.0 Å². The maximum absolute atomic E-state index is 13.9. The summed E-state index contributed by atoms with van der Waals surface area (Å²) in [6.45, 7) is 4.87. The fourth-order valence-corrected chi connectivity index (χ4v) is 2.73. The Labute approximate surface area is 111 Å². The third-order valence-corrected chi connectivity index (χ3v) is 3.53. The van der Waals surface area contributed by atoms with E-state index in [4.69, 9.17) is 0 Å². The molecule has 0 unspecified atom stereocenters. The standard InChI is InChI=1S/C14H17FN4/c1-8(2)10-5-9(15)6-11-13-12(16-19(4)17-13)7-18(3)14(10)11/h5-6,8H,7H2,1-4H3. The molecule has 0 saturated heterocycles. The first-order valence-electron chi connectivity index (χ1n) is 6.42. The van der Waals surface area contributed by atoms with Gasteiger partial charge in [-0.25, -0.2) is 4.39 Å². The van der Waals surface area contributed by atoms with Gasteiger partial charge < -0.3 is 4.90 Å². The number of halogens is 1. The van der Waals surface area contributed by atoms with Gasteiger partial charge in [0.2, 0.25) is 0 Å². The van der Waals surface area contributed by atoms with Crippen LogP contribution in [0.2, 0.25) is 0 Å². The van der Waals surface area contributed by atoms with Gasteiger partial charge in [-0.1, -0.05) is 13.8 Å². The SMILES string of the molecule is CC(C)c1cc(F)cc2c1N(C)Cc1nn(C)nc1-2. The largest absolute Gasteiger partial charge is 0.368 e. The number of rotatable bonds is 1. The summed E-state index contributed by atoms with van der Waals surface area (Å²) in [6.07, 6.45) is 0. The minimum atomic E-state index is -0.214. The number of nitrogens with zero attached hydrogens (tertiary/aromatic N) is 4. The summed E-state index contributed by atoms with van der Waals surface area (Å²) in [7, 11) is 3.81. The van der Waals surface area contributed by atoms with Crippen molar-refractivity contribution >= 4 is 5.69 Å². The highest BCUT2D eigenvalue weighted by Crippen LogP contribution is 2.41. The highest BCUT2D eigenvalue weighted by molar-refractivity contribution is 5.83. The molecule has 0 bridgehead atoms. The van der Waals surface area contributed by atoms with Gasteiger partial charge in [0.1, 0.15) is 17.2 Å². The number of hydrogen-bond donors (Lipinski definition) is 0. The minimum Gasteiger partial charge on any atom is -0.368 e. The summed E-state index contributed by atoms with van der Waals surface area (Å²) in [5.41, 5.74) is 4.65. The van der Waals surface area contributed by atoms with Crippen LogP contribution in [-0.2, 0) is 13.6 Å². The van der Waals surface area contributed by atoms with Crippen LogP contribution in [0.15, 0.2) is 12.1 Å². The predicted octanol–water partition coefficient (Wildman–Crippen LogP) is 2.69. The highest BCUT2D eigenvalue weighted by Gasteiger charge is 2.27. The molecule has 0 fully saturated rings. The average Bonchev–Trinajstić information content (AvgIpc) is 2.68. The molecule has 0 N–H and O–H groups in total. The van der Waals surface area contributed by atoms with Crippen LogP contribution < -0.4 is 4.90 Å². The van der Waals surface area contributed by atoms with E-state index >= 15 is 0 Å². The molecule has 1 aromatic heterocycles. The Hall–Kier alpha value is -1.91. The number of aryl methyl sites for hydroxylation is 1. The third kappa shape index (κ3) is 1.80. The summed E-state index contributed by atoms with van der Waals surface area (Å²) in [5, 5.41) is 8.73. The van der Waals surface area contributed by atoms with Crippen LogP contribution >= 0.6 is 0 Å².